The molecule has 0 aliphatic heterocycles. The molecule has 0 aliphatic carbocycles. The summed E-state index contributed by atoms with van der Waals surface area (Å²) in [6, 6.07) is 22.4. The summed E-state index contributed by atoms with van der Waals surface area (Å²) in [5.74, 6) is 0. The fourth-order valence-corrected chi connectivity index (χ4v) is 4.26. The zero-order valence-corrected chi connectivity index (χ0v) is 18.9. The average molecular weight is 401 g/mol. The molecule has 3 aromatic carbocycles. The van der Waals surface area contributed by atoms with Crippen molar-refractivity contribution < 1.29 is 5.11 Å². The van der Waals surface area contributed by atoms with Crippen LogP contribution in [0.1, 0.15) is 68.7 Å². The second-order valence-electron chi connectivity index (χ2n) is 8.24. The van der Waals surface area contributed by atoms with E-state index in [1.807, 2.05) is 6.07 Å². The third-order valence-corrected chi connectivity index (χ3v) is 6.11. The Bertz CT molecular complexity index is 937. The topological polar surface area (TPSA) is 20.2 Å². The van der Waals surface area contributed by atoms with Crippen LogP contribution in [0.15, 0.2) is 60.7 Å². The van der Waals surface area contributed by atoms with Crippen molar-refractivity contribution in [2.75, 3.05) is 0 Å². The number of aryl methyl sites for hydroxylation is 3. The molecule has 0 amide bonds. The summed E-state index contributed by atoms with van der Waals surface area (Å²) in [6.07, 6.45) is 8.41. The minimum absolute atomic E-state index is 0.0982. The van der Waals surface area contributed by atoms with Gasteiger partial charge in [-0.15, -0.1) is 0 Å². The highest BCUT2D eigenvalue weighted by Crippen LogP contribution is 2.32. The first-order chi connectivity index (χ1) is 14.7. The van der Waals surface area contributed by atoms with Crippen LogP contribution in [0.4, 0.5) is 0 Å². The summed E-state index contributed by atoms with van der Waals surface area (Å²) >= 11 is 0. The molecule has 0 aromatic heterocycles. The molecule has 1 N–H and O–H groups in total. The van der Waals surface area contributed by atoms with E-state index in [0.29, 0.717) is 0 Å². The maximum Gasteiger partial charge on any atom is 0.0681 e. The lowest BCUT2D eigenvalue weighted by molar-refractivity contribution is 0.282. The van der Waals surface area contributed by atoms with Crippen molar-refractivity contribution in [2.45, 2.75) is 72.3 Å². The molecule has 0 saturated heterocycles. The van der Waals surface area contributed by atoms with Gasteiger partial charge in [0.05, 0.1) is 6.61 Å². The van der Waals surface area contributed by atoms with E-state index in [9.17, 15) is 5.11 Å². The summed E-state index contributed by atoms with van der Waals surface area (Å²) in [5.41, 5.74) is 10.3. The molecule has 0 bridgehead atoms. The van der Waals surface area contributed by atoms with Gasteiger partial charge in [0.25, 0.3) is 0 Å². The molecule has 1 nitrogen and oxygen atoms in total. The first-order valence-electron chi connectivity index (χ1n) is 11.6. The Morgan fingerprint density at radius 3 is 1.87 bits per heavy atom. The molecular weight excluding hydrogens is 364 g/mol. The molecule has 0 fully saturated rings. The summed E-state index contributed by atoms with van der Waals surface area (Å²) in [6.45, 7) is 6.78. The van der Waals surface area contributed by atoms with Gasteiger partial charge in [0, 0.05) is 0 Å². The molecule has 1 heteroatoms. The van der Waals surface area contributed by atoms with Gasteiger partial charge in [-0.25, -0.2) is 0 Å². The molecule has 0 unspecified atom stereocenters. The van der Waals surface area contributed by atoms with Crippen molar-refractivity contribution in [3.63, 3.8) is 0 Å². The molecule has 158 valence electrons. The second-order valence-corrected chi connectivity index (χ2v) is 8.24. The first kappa shape index (κ1) is 22.3. The fourth-order valence-electron chi connectivity index (χ4n) is 4.26. The van der Waals surface area contributed by atoms with E-state index in [0.717, 1.165) is 18.4 Å². The van der Waals surface area contributed by atoms with Crippen LogP contribution in [0.5, 0.6) is 0 Å². The number of benzene rings is 3. The van der Waals surface area contributed by atoms with Crippen LogP contribution in [0.2, 0.25) is 0 Å². The van der Waals surface area contributed by atoms with Crippen molar-refractivity contribution in [3.8, 4) is 22.3 Å². The molecule has 0 aliphatic rings. The summed E-state index contributed by atoms with van der Waals surface area (Å²) in [5, 5.41) is 9.45. The minimum atomic E-state index is 0.0982. The molecule has 0 heterocycles. The standard InChI is InChI=1S/C29H36O/c1-4-7-8-9-10-22-11-14-26(15-12-22)28-18-16-27(20-25(28)6-3)29-17-13-23(21-30)19-24(29)5-2/h11-20,30H,4-10,21H2,1-3H3. The van der Waals surface area contributed by atoms with Crippen molar-refractivity contribution in [1.29, 1.82) is 0 Å². The van der Waals surface area contributed by atoms with E-state index in [-0.39, 0.29) is 6.61 Å². The summed E-state index contributed by atoms with van der Waals surface area (Å²) in [7, 11) is 0. The predicted molar refractivity (Wildman–Crippen MR) is 130 cm³/mol. The SMILES string of the molecule is CCCCCCc1ccc(-c2ccc(-c3ccc(CO)cc3CC)cc2CC)cc1. The second kappa shape index (κ2) is 11.1. The highest BCUT2D eigenvalue weighted by Gasteiger charge is 2.10. The first-order valence-corrected chi connectivity index (χ1v) is 11.6. The largest absolute Gasteiger partial charge is 0.392 e. The molecule has 30 heavy (non-hydrogen) atoms. The Morgan fingerprint density at radius 2 is 1.20 bits per heavy atom. The normalized spacial score (nSPS) is 11.1. The highest BCUT2D eigenvalue weighted by molar-refractivity contribution is 5.75. The lowest BCUT2D eigenvalue weighted by atomic mass is 9.90. The van der Waals surface area contributed by atoms with Crippen LogP contribution in [-0.4, -0.2) is 5.11 Å². The zero-order chi connectivity index (χ0) is 21.3. The maximum absolute atomic E-state index is 9.45. The zero-order valence-electron chi connectivity index (χ0n) is 18.9. The Labute approximate surface area is 182 Å². The van der Waals surface area contributed by atoms with Gasteiger partial charge >= 0.3 is 0 Å². The quantitative estimate of drug-likeness (QED) is 0.345. The van der Waals surface area contributed by atoms with Crippen LogP contribution in [0.3, 0.4) is 0 Å². The van der Waals surface area contributed by atoms with Crippen LogP contribution >= 0.6 is 0 Å². The minimum Gasteiger partial charge on any atom is -0.392 e. The van der Waals surface area contributed by atoms with E-state index in [4.69, 9.17) is 0 Å². The molecule has 0 atom stereocenters. The van der Waals surface area contributed by atoms with Crippen LogP contribution < -0.4 is 0 Å². The van der Waals surface area contributed by atoms with Gasteiger partial charge in [-0.3, -0.25) is 0 Å². The smallest absolute Gasteiger partial charge is 0.0681 e. The Hall–Kier alpha value is -2.38. The Balaban J connectivity index is 1.84. The predicted octanol–water partition coefficient (Wildman–Crippen LogP) is 7.76. The van der Waals surface area contributed by atoms with Crippen molar-refractivity contribution >= 4 is 0 Å². The van der Waals surface area contributed by atoms with E-state index >= 15 is 0 Å². The van der Waals surface area contributed by atoms with Gasteiger partial charge in [0.1, 0.15) is 0 Å². The fraction of sp³-hybridized carbons (Fsp3) is 0.379. The number of hydrogen-bond donors (Lipinski definition) is 1. The van der Waals surface area contributed by atoms with Gasteiger partial charge in [0.2, 0.25) is 0 Å². The van der Waals surface area contributed by atoms with Crippen molar-refractivity contribution in [3.05, 3.63) is 82.9 Å². The molecular formula is C29H36O. The number of hydrogen-bond acceptors (Lipinski definition) is 1. The molecule has 0 radical (unpaired) electrons. The van der Waals surface area contributed by atoms with Gasteiger partial charge in [0.15, 0.2) is 0 Å². The van der Waals surface area contributed by atoms with E-state index in [2.05, 4.69) is 75.4 Å². The van der Waals surface area contributed by atoms with E-state index in [1.54, 1.807) is 0 Å². The molecule has 0 saturated carbocycles. The third-order valence-electron chi connectivity index (χ3n) is 6.11. The number of unbranched alkanes of at least 4 members (excludes halogenated alkanes) is 3. The van der Waals surface area contributed by atoms with Gasteiger partial charge in [-0.1, -0.05) is 101 Å². The maximum atomic E-state index is 9.45. The number of rotatable bonds is 10. The summed E-state index contributed by atoms with van der Waals surface area (Å²) < 4.78 is 0. The number of aliphatic hydroxyl groups excluding tert-OH is 1. The van der Waals surface area contributed by atoms with Gasteiger partial charge in [-0.2, -0.15) is 0 Å². The summed E-state index contributed by atoms with van der Waals surface area (Å²) in [4.78, 5) is 0. The van der Waals surface area contributed by atoms with Gasteiger partial charge < -0.3 is 5.11 Å². The monoisotopic (exact) mass is 400 g/mol. The lowest BCUT2D eigenvalue weighted by Gasteiger charge is -2.14. The van der Waals surface area contributed by atoms with E-state index < -0.39 is 0 Å². The van der Waals surface area contributed by atoms with Crippen molar-refractivity contribution in [1.82, 2.24) is 0 Å². The molecule has 3 rings (SSSR count). The third kappa shape index (κ3) is 5.40. The van der Waals surface area contributed by atoms with E-state index in [1.165, 1.54) is 71.0 Å². The van der Waals surface area contributed by atoms with Crippen molar-refractivity contribution in [2.24, 2.45) is 0 Å². The van der Waals surface area contributed by atoms with Gasteiger partial charge in [-0.05, 0) is 70.2 Å². The van der Waals surface area contributed by atoms with Crippen LogP contribution in [0.25, 0.3) is 22.3 Å². The molecule has 0 spiro atoms. The Kier molecular flexibility index (Phi) is 8.28. The van der Waals surface area contributed by atoms with Crippen LogP contribution in [-0.2, 0) is 25.9 Å². The lowest BCUT2D eigenvalue weighted by Crippen LogP contribution is -1.94. The molecule has 3 aromatic rings. The number of aliphatic hydroxyl groups is 1. The average Bonchev–Trinajstić information content (AvgIpc) is 2.81. The Morgan fingerprint density at radius 1 is 0.600 bits per heavy atom. The van der Waals surface area contributed by atoms with Crippen LogP contribution in [0, 0.1) is 0 Å². The highest BCUT2D eigenvalue weighted by atomic mass is 16.3.